The van der Waals surface area contributed by atoms with Gasteiger partial charge < -0.3 is 10.2 Å². The molecule has 1 N–H and O–H groups in total. The number of pyridine rings is 1. The maximum absolute atomic E-state index is 4.35. The molecule has 0 unspecified atom stereocenters. The van der Waals surface area contributed by atoms with E-state index in [9.17, 15) is 0 Å². The quantitative estimate of drug-likeness (QED) is 0.888. The summed E-state index contributed by atoms with van der Waals surface area (Å²) < 4.78 is 0. The molecule has 1 saturated heterocycles. The normalized spacial score (nSPS) is 17.2. The van der Waals surface area contributed by atoms with E-state index in [1.54, 1.807) is 0 Å². The van der Waals surface area contributed by atoms with Crippen molar-refractivity contribution in [2.45, 2.75) is 65.5 Å². The first kappa shape index (κ1) is 16.3. The number of nitrogens with zero attached hydrogens (tertiary/aromatic N) is 2. The average Bonchev–Trinajstić information content (AvgIpc) is 2.46. The Morgan fingerprint density at radius 3 is 2.62 bits per heavy atom. The van der Waals surface area contributed by atoms with Crippen LogP contribution < -0.4 is 10.2 Å². The fourth-order valence-corrected chi connectivity index (χ4v) is 3.08. The van der Waals surface area contributed by atoms with Crippen molar-refractivity contribution in [1.82, 2.24) is 10.3 Å². The summed E-state index contributed by atoms with van der Waals surface area (Å²) in [5.74, 6) is 0.930. The predicted molar refractivity (Wildman–Crippen MR) is 90.7 cm³/mol. The summed E-state index contributed by atoms with van der Waals surface area (Å²) >= 11 is 0. The zero-order valence-electron chi connectivity index (χ0n) is 14.2. The molecule has 1 aromatic heterocycles. The largest absolute Gasteiger partial charge is 0.370 e. The Bertz CT molecular complexity index is 428. The van der Waals surface area contributed by atoms with Gasteiger partial charge >= 0.3 is 0 Å². The van der Waals surface area contributed by atoms with Crippen LogP contribution in [0.5, 0.6) is 0 Å². The van der Waals surface area contributed by atoms with Crippen LogP contribution in [-0.4, -0.2) is 23.6 Å². The zero-order valence-corrected chi connectivity index (χ0v) is 14.2. The fourth-order valence-electron chi connectivity index (χ4n) is 3.08. The lowest BCUT2D eigenvalue weighted by molar-refractivity contribution is 0.377. The molecule has 0 saturated carbocycles. The number of hydrogen-bond acceptors (Lipinski definition) is 3. The van der Waals surface area contributed by atoms with Gasteiger partial charge in [0.1, 0.15) is 0 Å². The Morgan fingerprint density at radius 1 is 1.29 bits per heavy atom. The smallest absolute Gasteiger partial charge is 0.0598 e. The second-order valence-corrected chi connectivity index (χ2v) is 7.33. The van der Waals surface area contributed by atoms with Crippen molar-refractivity contribution in [1.29, 1.82) is 0 Å². The third-order valence-electron chi connectivity index (χ3n) is 4.35. The molecule has 118 valence electrons. The number of aromatic nitrogens is 1. The van der Waals surface area contributed by atoms with E-state index in [-0.39, 0.29) is 5.54 Å². The molecule has 2 rings (SSSR count). The zero-order chi connectivity index (χ0) is 15.3. The van der Waals surface area contributed by atoms with Gasteiger partial charge in [-0.2, -0.15) is 0 Å². The monoisotopic (exact) mass is 289 g/mol. The molecular formula is C18H31N3. The molecule has 3 nitrogen and oxygen atoms in total. The lowest BCUT2D eigenvalue weighted by Crippen LogP contribution is -2.37. The SMILES string of the molecule is CCCC1CCN(c2cnccc2CNC(C)(C)C)CC1. The predicted octanol–water partition coefficient (Wildman–Crippen LogP) is 3.99. The number of piperidine rings is 1. The van der Waals surface area contributed by atoms with Crippen molar-refractivity contribution in [3.8, 4) is 0 Å². The number of hydrogen-bond donors (Lipinski definition) is 1. The van der Waals surface area contributed by atoms with Crippen LogP contribution in [0.4, 0.5) is 5.69 Å². The Balaban J connectivity index is 2.00. The highest BCUT2D eigenvalue weighted by molar-refractivity contribution is 5.52. The third kappa shape index (κ3) is 4.99. The van der Waals surface area contributed by atoms with Crippen LogP contribution in [0.3, 0.4) is 0 Å². The average molecular weight is 289 g/mol. The lowest BCUT2D eigenvalue weighted by atomic mass is 9.92. The molecule has 1 fully saturated rings. The van der Waals surface area contributed by atoms with Crippen LogP contribution in [0.1, 0.15) is 58.9 Å². The van der Waals surface area contributed by atoms with Crippen LogP contribution in [0.2, 0.25) is 0 Å². The van der Waals surface area contributed by atoms with E-state index < -0.39 is 0 Å². The molecule has 0 bridgehead atoms. The van der Waals surface area contributed by atoms with Gasteiger partial charge in [-0.05, 0) is 51.2 Å². The van der Waals surface area contributed by atoms with Crippen molar-refractivity contribution >= 4 is 5.69 Å². The Hall–Kier alpha value is -1.09. The van der Waals surface area contributed by atoms with Gasteiger partial charge in [0.25, 0.3) is 0 Å². The van der Waals surface area contributed by atoms with Crippen molar-refractivity contribution in [2.75, 3.05) is 18.0 Å². The van der Waals surface area contributed by atoms with E-state index >= 15 is 0 Å². The minimum Gasteiger partial charge on any atom is -0.370 e. The second kappa shape index (κ2) is 7.26. The minimum absolute atomic E-state index is 0.147. The maximum atomic E-state index is 4.35. The van der Waals surface area contributed by atoms with Crippen LogP contribution >= 0.6 is 0 Å². The molecule has 0 atom stereocenters. The minimum atomic E-state index is 0.147. The van der Waals surface area contributed by atoms with E-state index in [0.29, 0.717) is 0 Å². The van der Waals surface area contributed by atoms with Gasteiger partial charge in [-0.25, -0.2) is 0 Å². The molecule has 21 heavy (non-hydrogen) atoms. The summed E-state index contributed by atoms with van der Waals surface area (Å²) in [6.45, 7) is 12.2. The second-order valence-electron chi connectivity index (χ2n) is 7.33. The van der Waals surface area contributed by atoms with Gasteiger partial charge in [0, 0.05) is 31.4 Å². The van der Waals surface area contributed by atoms with Gasteiger partial charge in [-0.1, -0.05) is 19.8 Å². The molecule has 3 heteroatoms. The molecule has 2 heterocycles. The first-order valence-corrected chi connectivity index (χ1v) is 8.42. The van der Waals surface area contributed by atoms with Crippen LogP contribution in [0, 0.1) is 5.92 Å². The fraction of sp³-hybridized carbons (Fsp3) is 0.722. The Morgan fingerprint density at radius 2 is 2.00 bits per heavy atom. The molecule has 0 amide bonds. The third-order valence-corrected chi connectivity index (χ3v) is 4.35. The summed E-state index contributed by atoms with van der Waals surface area (Å²) in [6.07, 6.45) is 9.31. The van der Waals surface area contributed by atoms with E-state index in [1.807, 2.05) is 12.4 Å². The molecule has 1 aliphatic heterocycles. The Kier molecular flexibility index (Phi) is 5.63. The van der Waals surface area contributed by atoms with Crippen molar-refractivity contribution in [2.24, 2.45) is 5.92 Å². The maximum Gasteiger partial charge on any atom is 0.0598 e. The van der Waals surface area contributed by atoms with Crippen LogP contribution in [-0.2, 0) is 6.54 Å². The first-order valence-electron chi connectivity index (χ1n) is 8.42. The highest BCUT2D eigenvalue weighted by Crippen LogP contribution is 2.28. The first-order chi connectivity index (χ1) is 9.99. The Labute approximate surface area is 130 Å². The lowest BCUT2D eigenvalue weighted by Gasteiger charge is -2.35. The van der Waals surface area contributed by atoms with Gasteiger partial charge in [0.05, 0.1) is 11.9 Å². The molecule has 1 aliphatic rings. The van der Waals surface area contributed by atoms with Crippen LogP contribution in [0.25, 0.3) is 0 Å². The van der Waals surface area contributed by atoms with Gasteiger partial charge in [-0.3, -0.25) is 4.98 Å². The summed E-state index contributed by atoms with van der Waals surface area (Å²) in [7, 11) is 0. The molecule has 0 radical (unpaired) electrons. The number of rotatable bonds is 5. The number of anilines is 1. The van der Waals surface area contributed by atoms with E-state index in [0.717, 1.165) is 12.5 Å². The highest BCUT2D eigenvalue weighted by atomic mass is 15.1. The highest BCUT2D eigenvalue weighted by Gasteiger charge is 2.21. The summed E-state index contributed by atoms with van der Waals surface area (Å²) in [5, 5.41) is 3.59. The molecule has 0 spiro atoms. The van der Waals surface area contributed by atoms with Crippen molar-refractivity contribution in [3.05, 3.63) is 24.0 Å². The summed E-state index contributed by atoms with van der Waals surface area (Å²) in [6, 6.07) is 2.16. The molecule has 0 aromatic carbocycles. The van der Waals surface area contributed by atoms with Gasteiger partial charge in [0.15, 0.2) is 0 Å². The topological polar surface area (TPSA) is 28.2 Å². The van der Waals surface area contributed by atoms with Gasteiger partial charge in [0.2, 0.25) is 0 Å². The molecular weight excluding hydrogens is 258 g/mol. The van der Waals surface area contributed by atoms with Crippen molar-refractivity contribution in [3.63, 3.8) is 0 Å². The summed E-state index contributed by atoms with van der Waals surface area (Å²) in [5.41, 5.74) is 2.84. The van der Waals surface area contributed by atoms with E-state index in [4.69, 9.17) is 0 Å². The van der Waals surface area contributed by atoms with E-state index in [2.05, 4.69) is 49.0 Å². The number of nitrogens with one attached hydrogen (secondary N) is 1. The van der Waals surface area contributed by atoms with Gasteiger partial charge in [-0.15, -0.1) is 0 Å². The van der Waals surface area contributed by atoms with Crippen LogP contribution in [0.15, 0.2) is 18.5 Å². The van der Waals surface area contributed by atoms with E-state index in [1.165, 1.54) is 50.0 Å². The molecule has 0 aliphatic carbocycles. The standard InChI is InChI=1S/C18H31N3/c1-5-6-15-8-11-21(12-9-15)17-14-19-10-7-16(17)13-20-18(2,3)4/h7,10,14-15,20H,5-6,8-9,11-13H2,1-4H3. The van der Waals surface area contributed by atoms with Crippen molar-refractivity contribution < 1.29 is 0 Å². The molecule has 1 aromatic rings. The summed E-state index contributed by atoms with van der Waals surface area (Å²) in [4.78, 5) is 6.88.